The zero-order chi connectivity index (χ0) is 17.7. The lowest BCUT2D eigenvalue weighted by molar-refractivity contribution is -0.151. The van der Waals surface area contributed by atoms with Crippen LogP contribution in [0.2, 0.25) is 0 Å². The van der Waals surface area contributed by atoms with E-state index in [2.05, 4.69) is 5.32 Å². The SMILES string of the molecule is COCCCOC1CN(C(=O)C(C)(C)NC(=O)OC(C)(C)C)C1. The van der Waals surface area contributed by atoms with Gasteiger partial charge in [-0.25, -0.2) is 4.79 Å². The van der Waals surface area contributed by atoms with E-state index < -0.39 is 17.2 Å². The monoisotopic (exact) mass is 330 g/mol. The first-order valence-electron chi connectivity index (χ1n) is 7.96. The fraction of sp³-hybridized carbons (Fsp3) is 0.875. The zero-order valence-corrected chi connectivity index (χ0v) is 15.1. The maximum atomic E-state index is 12.5. The number of rotatable bonds is 7. The molecule has 134 valence electrons. The second kappa shape index (κ2) is 7.97. The average Bonchev–Trinajstić information content (AvgIpc) is 2.32. The van der Waals surface area contributed by atoms with Crippen LogP contribution in [0.1, 0.15) is 41.0 Å². The van der Waals surface area contributed by atoms with Crippen molar-refractivity contribution in [3.05, 3.63) is 0 Å². The van der Waals surface area contributed by atoms with Crippen molar-refractivity contribution in [1.82, 2.24) is 10.2 Å². The number of alkyl carbamates (subject to hydrolysis) is 1. The highest BCUT2D eigenvalue weighted by atomic mass is 16.6. The lowest BCUT2D eigenvalue weighted by Crippen LogP contribution is -2.64. The van der Waals surface area contributed by atoms with Gasteiger partial charge in [0.15, 0.2) is 0 Å². The summed E-state index contributed by atoms with van der Waals surface area (Å²) < 4.78 is 15.8. The number of amides is 2. The molecule has 1 N–H and O–H groups in total. The fourth-order valence-electron chi connectivity index (χ4n) is 2.17. The largest absolute Gasteiger partial charge is 0.444 e. The highest BCUT2D eigenvalue weighted by Gasteiger charge is 2.40. The Morgan fingerprint density at radius 2 is 1.74 bits per heavy atom. The molecule has 1 aliphatic heterocycles. The van der Waals surface area contributed by atoms with E-state index >= 15 is 0 Å². The van der Waals surface area contributed by atoms with E-state index in [9.17, 15) is 9.59 Å². The first-order chi connectivity index (χ1) is 10.5. The van der Waals surface area contributed by atoms with Crippen LogP contribution >= 0.6 is 0 Å². The van der Waals surface area contributed by atoms with Crippen LogP contribution in [0.25, 0.3) is 0 Å². The molecule has 0 aliphatic carbocycles. The summed E-state index contributed by atoms with van der Waals surface area (Å²) in [7, 11) is 1.66. The number of likely N-dealkylation sites (tertiary alicyclic amines) is 1. The molecule has 1 rings (SSSR count). The number of hydrogen-bond donors (Lipinski definition) is 1. The molecule has 0 bridgehead atoms. The third-order valence-electron chi connectivity index (χ3n) is 3.33. The average molecular weight is 330 g/mol. The second-order valence-corrected chi connectivity index (χ2v) is 7.30. The van der Waals surface area contributed by atoms with Gasteiger partial charge in [-0.2, -0.15) is 0 Å². The van der Waals surface area contributed by atoms with Gasteiger partial charge in [0.05, 0.1) is 6.10 Å². The lowest BCUT2D eigenvalue weighted by Gasteiger charge is -2.42. The molecule has 1 fully saturated rings. The number of carbonyl (C=O) groups excluding carboxylic acids is 2. The number of hydrogen-bond acceptors (Lipinski definition) is 5. The molecule has 0 unspecified atom stereocenters. The molecular formula is C16H30N2O5. The molecule has 7 heteroatoms. The summed E-state index contributed by atoms with van der Waals surface area (Å²) in [5.41, 5.74) is -1.61. The number of methoxy groups -OCH3 is 1. The van der Waals surface area contributed by atoms with E-state index in [0.717, 1.165) is 6.42 Å². The third-order valence-corrected chi connectivity index (χ3v) is 3.33. The number of ether oxygens (including phenoxy) is 3. The van der Waals surface area contributed by atoms with Gasteiger partial charge < -0.3 is 24.4 Å². The molecule has 2 amide bonds. The van der Waals surface area contributed by atoms with E-state index in [1.54, 1.807) is 46.6 Å². The van der Waals surface area contributed by atoms with Crippen molar-refractivity contribution in [3.8, 4) is 0 Å². The topological polar surface area (TPSA) is 77.1 Å². The molecule has 0 radical (unpaired) electrons. The zero-order valence-electron chi connectivity index (χ0n) is 15.1. The highest BCUT2D eigenvalue weighted by molar-refractivity contribution is 5.89. The standard InChI is InChI=1S/C16H30N2O5/c1-15(2,3)23-14(20)17-16(4,5)13(19)18-10-12(11-18)22-9-7-8-21-6/h12H,7-11H2,1-6H3,(H,17,20). The Labute approximate surface area is 138 Å². The predicted molar refractivity (Wildman–Crippen MR) is 86.3 cm³/mol. The minimum Gasteiger partial charge on any atom is -0.444 e. The van der Waals surface area contributed by atoms with Crippen LogP contribution in [0.15, 0.2) is 0 Å². The van der Waals surface area contributed by atoms with E-state index in [-0.39, 0.29) is 12.0 Å². The molecular weight excluding hydrogens is 300 g/mol. The quantitative estimate of drug-likeness (QED) is 0.717. The Bertz CT molecular complexity index is 411. The Morgan fingerprint density at radius 3 is 2.26 bits per heavy atom. The highest BCUT2D eigenvalue weighted by Crippen LogP contribution is 2.18. The lowest BCUT2D eigenvalue weighted by atomic mass is 10.0. The minimum absolute atomic E-state index is 0.0631. The van der Waals surface area contributed by atoms with Gasteiger partial charge >= 0.3 is 6.09 Å². The smallest absolute Gasteiger partial charge is 0.408 e. The molecule has 1 heterocycles. The Morgan fingerprint density at radius 1 is 1.13 bits per heavy atom. The molecule has 0 atom stereocenters. The van der Waals surface area contributed by atoms with E-state index in [1.165, 1.54) is 0 Å². The summed E-state index contributed by atoms with van der Waals surface area (Å²) in [6, 6.07) is 0. The van der Waals surface area contributed by atoms with Crippen molar-refractivity contribution >= 4 is 12.0 Å². The van der Waals surface area contributed by atoms with Gasteiger partial charge in [-0.15, -0.1) is 0 Å². The molecule has 1 saturated heterocycles. The van der Waals surface area contributed by atoms with E-state index in [1.807, 2.05) is 0 Å². The summed E-state index contributed by atoms with van der Waals surface area (Å²) in [6.07, 6.45) is 0.309. The summed E-state index contributed by atoms with van der Waals surface area (Å²) >= 11 is 0. The molecule has 1 aliphatic rings. The van der Waals surface area contributed by atoms with Crippen LogP contribution in [-0.4, -0.2) is 67.6 Å². The van der Waals surface area contributed by atoms with Gasteiger partial charge in [0.1, 0.15) is 11.1 Å². The fourth-order valence-corrected chi connectivity index (χ4v) is 2.17. The Kier molecular flexibility index (Phi) is 6.83. The van der Waals surface area contributed by atoms with Gasteiger partial charge in [0.2, 0.25) is 5.91 Å². The molecule has 23 heavy (non-hydrogen) atoms. The van der Waals surface area contributed by atoms with Crippen LogP contribution in [0.4, 0.5) is 4.79 Å². The van der Waals surface area contributed by atoms with Gasteiger partial charge in [0.25, 0.3) is 0 Å². The van der Waals surface area contributed by atoms with E-state index in [0.29, 0.717) is 26.3 Å². The maximum Gasteiger partial charge on any atom is 0.408 e. The normalized spacial score (nSPS) is 16.0. The molecule has 0 aromatic carbocycles. The van der Waals surface area contributed by atoms with Crippen molar-refractivity contribution in [2.24, 2.45) is 0 Å². The summed E-state index contributed by atoms with van der Waals surface area (Å²) in [6.45, 7) is 11.1. The molecule has 0 spiro atoms. The van der Waals surface area contributed by atoms with Crippen molar-refractivity contribution in [1.29, 1.82) is 0 Å². The molecule has 0 aromatic heterocycles. The molecule has 7 nitrogen and oxygen atoms in total. The van der Waals surface area contributed by atoms with Crippen molar-refractivity contribution in [2.45, 2.75) is 58.3 Å². The second-order valence-electron chi connectivity index (χ2n) is 7.30. The number of nitrogens with zero attached hydrogens (tertiary/aromatic N) is 1. The summed E-state index contributed by atoms with van der Waals surface area (Å²) in [5, 5.41) is 2.63. The van der Waals surface area contributed by atoms with Crippen LogP contribution in [-0.2, 0) is 19.0 Å². The molecule has 0 saturated carbocycles. The maximum absolute atomic E-state index is 12.5. The van der Waals surface area contributed by atoms with E-state index in [4.69, 9.17) is 14.2 Å². The number of nitrogens with one attached hydrogen (secondary N) is 1. The van der Waals surface area contributed by atoms with Gasteiger partial charge in [0, 0.05) is 33.4 Å². The van der Waals surface area contributed by atoms with Crippen molar-refractivity contribution in [2.75, 3.05) is 33.4 Å². The molecule has 0 aromatic rings. The van der Waals surface area contributed by atoms with Gasteiger partial charge in [-0.3, -0.25) is 4.79 Å². The van der Waals surface area contributed by atoms with Gasteiger partial charge in [-0.05, 0) is 41.0 Å². The Hall–Kier alpha value is -1.34. The van der Waals surface area contributed by atoms with Crippen molar-refractivity contribution < 1.29 is 23.8 Å². The van der Waals surface area contributed by atoms with Crippen LogP contribution in [0.5, 0.6) is 0 Å². The summed E-state index contributed by atoms with van der Waals surface area (Å²) in [4.78, 5) is 26.0. The first kappa shape index (κ1) is 19.7. The third kappa shape index (κ3) is 6.74. The Balaban J connectivity index is 2.35. The van der Waals surface area contributed by atoms with Gasteiger partial charge in [-0.1, -0.05) is 0 Å². The number of carbonyl (C=O) groups is 2. The minimum atomic E-state index is -1.01. The first-order valence-corrected chi connectivity index (χ1v) is 7.96. The van der Waals surface area contributed by atoms with Crippen LogP contribution in [0, 0.1) is 0 Å². The van der Waals surface area contributed by atoms with Crippen molar-refractivity contribution in [3.63, 3.8) is 0 Å². The van der Waals surface area contributed by atoms with Crippen LogP contribution < -0.4 is 5.32 Å². The predicted octanol–water partition coefficient (Wildman–Crippen LogP) is 1.55. The summed E-state index contributed by atoms with van der Waals surface area (Å²) in [5.74, 6) is -0.139. The van der Waals surface area contributed by atoms with Crippen LogP contribution in [0.3, 0.4) is 0 Å².